The van der Waals surface area contributed by atoms with Gasteiger partial charge in [0.25, 0.3) is 5.91 Å². The largest absolute Gasteiger partial charge is 0.378 e. The maximum Gasteiger partial charge on any atom is 0.257 e. The third-order valence-electron chi connectivity index (χ3n) is 6.63. The van der Waals surface area contributed by atoms with E-state index in [0.717, 1.165) is 25.0 Å². The summed E-state index contributed by atoms with van der Waals surface area (Å²) < 4.78 is 5.34. The fraction of sp³-hybridized carbons (Fsp3) is 0.480. The van der Waals surface area contributed by atoms with Crippen molar-refractivity contribution in [2.75, 3.05) is 46.4 Å². The normalized spacial score (nSPS) is 23.9. The number of hydrogen-bond donors (Lipinski definition) is 0. The van der Waals surface area contributed by atoms with Crippen LogP contribution in [-0.4, -0.2) is 78.8 Å². The van der Waals surface area contributed by atoms with E-state index in [2.05, 4.69) is 35.0 Å². The van der Waals surface area contributed by atoms with Crippen molar-refractivity contribution < 1.29 is 14.3 Å². The quantitative estimate of drug-likeness (QED) is 0.609. The van der Waals surface area contributed by atoms with Crippen molar-refractivity contribution in [1.29, 1.82) is 0 Å². The molecule has 0 N–H and O–H groups in total. The summed E-state index contributed by atoms with van der Waals surface area (Å²) in [5.41, 5.74) is 2.30. The van der Waals surface area contributed by atoms with Crippen molar-refractivity contribution in [1.82, 2.24) is 14.8 Å². The van der Waals surface area contributed by atoms with Crippen LogP contribution in [0.4, 0.5) is 0 Å². The molecule has 0 aromatic carbocycles. The fourth-order valence-electron chi connectivity index (χ4n) is 4.99. The second-order valence-electron chi connectivity index (χ2n) is 9.03. The lowest BCUT2D eigenvalue weighted by molar-refractivity contribution is -0.138. The first-order chi connectivity index (χ1) is 16.6. The van der Waals surface area contributed by atoms with Crippen LogP contribution in [0.3, 0.4) is 0 Å². The van der Waals surface area contributed by atoms with E-state index in [4.69, 9.17) is 9.84 Å². The molecule has 1 saturated heterocycles. The number of thiophene rings is 2. The number of allylic oxidation sites excluding steroid dienone is 1. The van der Waals surface area contributed by atoms with E-state index < -0.39 is 0 Å². The van der Waals surface area contributed by atoms with E-state index in [1.165, 1.54) is 15.3 Å². The highest BCUT2D eigenvalue weighted by atomic mass is 32.1. The van der Waals surface area contributed by atoms with Gasteiger partial charge in [0, 0.05) is 28.8 Å². The minimum Gasteiger partial charge on any atom is -0.378 e. The van der Waals surface area contributed by atoms with Crippen molar-refractivity contribution in [3.63, 3.8) is 0 Å². The monoisotopic (exact) mass is 498 g/mol. The van der Waals surface area contributed by atoms with Gasteiger partial charge in [-0.1, -0.05) is 12.1 Å². The molecule has 2 fully saturated rings. The molecule has 1 saturated carbocycles. The van der Waals surface area contributed by atoms with Crippen molar-refractivity contribution in [3.05, 3.63) is 50.4 Å². The van der Waals surface area contributed by atoms with Crippen LogP contribution < -0.4 is 0 Å². The molecule has 5 rings (SSSR count). The van der Waals surface area contributed by atoms with E-state index >= 15 is 0 Å². The van der Waals surface area contributed by atoms with Gasteiger partial charge in [-0.15, -0.1) is 22.7 Å². The lowest BCUT2D eigenvalue weighted by Crippen LogP contribution is -2.46. The van der Waals surface area contributed by atoms with Crippen molar-refractivity contribution >= 4 is 46.3 Å². The first-order valence-electron chi connectivity index (χ1n) is 11.8. The van der Waals surface area contributed by atoms with Gasteiger partial charge < -0.3 is 9.64 Å². The number of morpholine rings is 1. The standard InChI is InChI=1S/C25H30N4O3S2/c1-27(16-22(30)28-9-11-32-12-10-28)17-23(31)29-25(21-8-4-14-34-21)20-7-2-5-18(24(20)26-29)15-19-6-3-13-33-19/h3-4,6,8,13-15,20,25H,2,5,7,9-12,16-17H2,1H3/b18-15+. The Labute approximate surface area is 208 Å². The van der Waals surface area contributed by atoms with Gasteiger partial charge >= 0.3 is 0 Å². The Kier molecular flexibility index (Phi) is 7.24. The van der Waals surface area contributed by atoms with Crippen LogP contribution in [0, 0.1) is 5.92 Å². The highest BCUT2D eigenvalue weighted by molar-refractivity contribution is 7.11. The maximum absolute atomic E-state index is 13.5. The van der Waals surface area contributed by atoms with Crippen LogP contribution >= 0.6 is 22.7 Å². The Morgan fingerprint density at radius 2 is 1.91 bits per heavy atom. The second kappa shape index (κ2) is 10.5. The van der Waals surface area contributed by atoms with Gasteiger partial charge in [0.05, 0.1) is 38.1 Å². The zero-order valence-electron chi connectivity index (χ0n) is 19.4. The van der Waals surface area contributed by atoms with Crippen LogP contribution in [-0.2, 0) is 14.3 Å². The summed E-state index contributed by atoms with van der Waals surface area (Å²) in [6, 6.07) is 8.26. The van der Waals surface area contributed by atoms with Crippen molar-refractivity contribution in [2.45, 2.75) is 25.3 Å². The SMILES string of the molecule is CN(CC(=O)N1CCOCC1)CC(=O)N1N=C2/C(=C/c3cccs3)CCCC2C1c1cccs1. The molecule has 3 aliphatic rings. The van der Waals surface area contributed by atoms with Gasteiger partial charge in [0.15, 0.2) is 0 Å². The molecule has 0 bridgehead atoms. The molecule has 180 valence electrons. The molecule has 4 heterocycles. The lowest BCUT2D eigenvalue weighted by Gasteiger charge is -2.30. The molecule has 2 unspecified atom stereocenters. The van der Waals surface area contributed by atoms with E-state index in [0.29, 0.717) is 26.3 Å². The molecule has 9 heteroatoms. The predicted molar refractivity (Wildman–Crippen MR) is 136 cm³/mol. The highest BCUT2D eigenvalue weighted by Gasteiger charge is 2.44. The van der Waals surface area contributed by atoms with Gasteiger partial charge in [-0.05, 0) is 60.9 Å². The minimum atomic E-state index is -0.0714. The molecule has 2 aromatic rings. The third kappa shape index (κ3) is 5.02. The molecule has 7 nitrogen and oxygen atoms in total. The van der Waals surface area contributed by atoms with Crippen LogP contribution in [0.5, 0.6) is 0 Å². The average Bonchev–Trinajstić information content (AvgIpc) is 3.60. The molecule has 2 aliphatic heterocycles. The number of ether oxygens (including phenoxy) is 1. The van der Waals surface area contributed by atoms with Crippen LogP contribution in [0.2, 0.25) is 0 Å². The smallest absolute Gasteiger partial charge is 0.257 e. The summed E-state index contributed by atoms with van der Waals surface area (Å²) in [7, 11) is 1.83. The molecule has 0 spiro atoms. The van der Waals surface area contributed by atoms with Gasteiger partial charge in [0.1, 0.15) is 0 Å². The third-order valence-corrected chi connectivity index (χ3v) is 8.39. The molecule has 0 radical (unpaired) electrons. The van der Waals surface area contributed by atoms with Gasteiger partial charge in [-0.25, -0.2) is 5.01 Å². The van der Waals surface area contributed by atoms with E-state index in [1.807, 2.05) is 18.0 Å². The molecular formula is C25H30N4O3S2. The first-order valence-corrected chi connectivity index (χ1v) is 13.6. The summed E-state index contributed by atoms with van der Waals surface area (Å²) in [4.78, 5) is 32.1. The molecule has 1 aliphatic carbocycles. The number of likely N-dealkylation sites (N-methyl/N-ethyl adjacent to an activating group) is 1. The average molecular weight is 499 g/mol. The Morgan fingerprint density at radius 1 is 1.15 bits per heavy atom. The number of nitrogens with zero attached hydrogens (tertiary/aromatic N) is 4. The van der Waals surface area contributed by atoms with E-state index in [9.17, 15) is 9.59 Å². The van der Waals surface area contributed by atoms with E-state index in [1.54, 1.807) is 32.6 Å². The Morgan fingerprint density at radius 3 is 2.65 bits per heavy atom. The van der Waals surface area contributed by atoms with E-state index in [-0.39, 0.29) is 36.9 Å². The summed E-state index contributed by atoms with van der Waals surface area (Å²) in [6.45, 7) is 2.75. The number of fused-ring (bicyclic) bond motifs is 1. The first kappa shape index (κ1) is 23.4. The van der Waals surface area contributed by atoms with Crippen LogP contribution in [0.1, 0.15) is 35.1 Å². The summed E-state index contributed by atoms with van der Waals surface area (Å²) in [5, 5.41) is 10.8. The molecule has 34 heavy (non-hydrogen) atoms. The maximum atomic E-state index is 13.5. The minimum absolute atomic E-state index is 0.0379. The van der Waals surface area contributed by atoms with Crippen LogP contribution in [0.15, 0.2) is 45.7 Å². The Bertz CT molecular complexity index is 1060. The fourth-order valence-corrected chi connectivity index (χ4v) is 6.55. The van der Waals surface area contributed by atoms with Gasteiger partial charge in [0.2, 0.25) is 5.91 Å². The van der Waals surface area contributed by atoms with Crippen molar-refractivity contribution in [3.8, 4) is 0 Å². The van der Waals surface area contributed by atoms with Gasteiger partial charge in [-0.2, -0.15) is 5.10 Å². The summed E-state index contributed by atoms with van der Waals surface area (Å²) in [6.07, 6.45) is 5.35. The number of carbonyl (C=O) groups excluding carboxylic acids is 2. The van der Waals surface area contributed by atoms with Gasteiger partial charge in [-0.3, -0.25) is 14.5 Å². The summed E-state index contributed by atoms with van der Waals surface area (Å²) >= 11 is 3.40. The predicted octanol–water partition coefficient (Wildman–Crippen LogP) is 3.72. The molecule has 2 aromatic heterocycles. The molecular weight excluding hydrogens is 468 g/mol. The second-order valence-corrected chi connectivity index (χ2v) is 11.0. The number of amides is 2. The zero-order valence-corrected chi connectivity index (χ0v) is 21.0. The van der Waals surface area contributed by atoms with Crippen LogP contribution in [0.25, 0.3) is 6.08 Å². The summed E-state index contributed by atoms with van der Waals surface area (Å²) in [5.74, 6) is 0.187. The highest BCUT2D eigenvalue weighted by Crippen LogP contribution is 2.45. The number of hydrazone groups is 1. The van der Waals surface area contributed by atoms with Crippen molar-refractivity contribution in [2.24, 2.45) is 11.0 Å². The number of rotatable bonds is 6. The number of carbonyl (C=O) groups is 2. The Balaban J connectivity index is 1.34. The molecule has 2 atom stereocenters. The lowest BCUT2D eigenvalue weighted by atomic mass is 9.79. The zero-order chi connectivity index (χ0) is 23.5. The Hall–Kier alpha value is -2.33. The number of hydrogen-bond acceptors (Lipinski definition) is 7. The molecule has 2 amide bonds. The topological polar surface area (TPSA) is 65.5 Å².